The van der Waals surface area contributed by atoms with Gasteiger partial charge in [-0.2, -0.15) is 0 Å². The second kappa shape index (κ2) is 5.25. The fraction of sp³-hybridized carbons (Fsp3) is 0.500. The Labute approximate surface area is 115 Å². The predicted octanol–water partition coefficient (Wildman–Crippen LogP) is 2.22. The molecule has 104 valence electrons. The molecule has 0 aromatic heterocycles. The number of hydrogen-bond acceptors (Lipinski definition) is 2. The summed E-state index contributed by atoms with van der Waals surface area (Å²) >= 11 is 0. The first-order valence-corrected chi connectivity index (χ1v) is 6.72. The molecule has 1 aliphatic heterocycles. The summed E-state index contributed by atoms with van der Waals surface area (Å²) in [7, 11) is 3.37. The topological polar surface area (TPSA) is 35.1 Å². The van der Waals surface area contributed by atoms with Gasteiger partial charge in [-0.15, -0.1) is 6.58 Å². The summed E-state index contributed by atoms with van der Waals surface area (Å²) in [6.07, 6.45) is 3.99. The van der Waals surface area contributed by atoms with Crippen LogP contribution in [0.1, 0.15) is 37.4 Å². The third kappa shape index (κ3) is 2.76. The van der Waals surface area contributed by atoms with Crippen molar-refractivity contribution in [3.05, 3.63) is 35.9 Å². The molecule has 1 aromatic rings. The number of quaternary nitrogens is 1. The monoisotopic (exact) mass is 262 g/mol. The Bertz CT molecular complexity index is 480. The van der Waals surface area contributed by atoms with Crippen LogP contribution in [0.15, 0.2) is 24.8 Å². The minimum Gasteiger partial charge on any atom is -0.493 e. The van der Waals surface area contributed by atoms with Gasteiger partial charge in [0.15, 0.2) is 11.5 Å². The van der Waals surface area contributed by atoms with E-state index >= 15 is 0 Å². The second-order valence-electron chi connectivity index (χ2n) is 5.87. The molecule has 1 aromatic carbocycles. The van der Waals surface area contributed by atoms with E-state index in [0.29, 0.717) is 6.04 Å². The molecule has 19 heavy (non-hydrogen) atoms. The fourth-order valence-electron chi connectivity index (χ4n) is 2.99. The van der Waals surface area contributed by atoms with E-state index in [4.69, 9.17) is 9.47 Å². The summed E-state index contributed by atoms with van der Waals surface area (Å²) in [4.78, 5) is 0. The van der Waals surface area contributed by atoms with Crippen molar-refractivity contribution in [1.82, 2.24) is 0 Å². The number of benzene rings is 1. The Morgan fingerprint density at radius 1 is 1.32 bits per heavy atom. The van der Waals surface area contributed by atoms with E-state index in [1.807, 2.05) is 6.08 Å². The Kier molecular flexibility index (Phi) is 3.85. The highest BCUT2D eigenvalue weighted by Gasteiger charge is 2.35. The van der Waals surface area contributed by atoms with Crippen molar-refractivity contribution in [2.75, 3.05) is 14.2 Å². The highest BCUT2D eigenvalue weighted by atomic mass is 16.5. The van der Waals surface area contributed by atoms with Gasteiger partial charge in [0.05, 0.1) is 19.8 Å². The molecule has 0 fully saturated rings. The quantitative estimate of drug-likeness (QED) is 0.844. The van der Waals surface area contributed by atoms with Crippen molar-refractivity contribution in [3.63, 3.8) is 0 Å². The minimum atomic E-state index is 0.209. The van der Waals surface area contributed by atoms with Gasteiger partial charge in [0.1, 0.15) is 6.04 Å². The van der Waals surface area contributed by atoms with Crippen LogP contribution in [0.4, 0.5) is 0 Å². The van der Waals surface area contributed by atoms with Crippen LogP contribution in [-0.4, -0.2) is 19.8 Å². The molecule has 2 N–H and O–H groups in total. The maximum absolute atomic E-state index is 5.42. The van der Waals surface area contributed by atoms with Gasteiger partial charge in [-0.3, -0.25) is 0 Å². The Hall–Kier alpha value is -1.48. The molecule has 3 heteroatoms. The maximum Gasteiger partial charge on any atom is 0.161 e. The average molecular weight is 262 g/mol. The summed E-state index contributed by atoms with van der Waals surface area (Å²) in [5, 5.41) is 2.43. The van der Waals surface area contributed by atoms with Gasteiger partial charge in [-0.05, 0) is 31.5 Å². The number of hydrogen-bond donors (Lipinski definition) is 1. The van der Waals surface area contributed by atoms with Gasteiger partial charge in [-0.25, -0.2) is 0 Å². The number of ether oxygens (including phenoxy) is 2. The smallest absolute Gasteiger partial charge is 0.161 e. The zero-order valence-electron chi connectivity index (χ0n) is 12.3. The zero-order valence-corrected chi connectivity index (χ0v) is 12.3. The molecule has 0 spiro atoms. The van der Waals surface area contributed by atoms with Gasteiger partial charge in [0.2, 0.25) is 0 Å². The standard InChI is InChI=1S/C16H23NO2/c1-6-7-13-12-9-15(19-5)14(18-4)8-11(12)10-16(2,3)17-13/h6,8-9,13,17H,1,7,10H2,2-5H3/p+1. The van der Waals surface area contributed by atoms with Crippen molar-refractivity contribution in [2.45, 2.75) is 38.3 Å². The number of nitrogens with two attached hydrogens (primary N) is 1. The Balaban J connectivity index is 2.50. The van der Waals surface area contributed by atoms with Crippen LogP contribution in [0.3, 0.4) is 0 Å². The van der Waals surface area contributed by atoms with E-state index in [-0.39, 0.29) is 5.54 Å². The minimum absolute atomic E-state index is 0.209. The zero-order chi connectivity index (χ0) is 14.0. The fourth-order valence-corrected chi connectivity index (χ4v) is 2.99. The van der Waals surface area contributed by atoms with E-state index in [2.05, 4.69) is 37.9 Å². The number of methoxy groups -OCH3 is 2. The largest absolute Gasteiger partial charge is 0.493 e. The van der Waals surface area contributed by atoms with Gasteiger partial charge in [0.25, 0.3) is 0 Å². The van der Waals surface area contributed by atoms with Crippen molar-refractivity contribution >= 4 is 0 Å². The van der Waals surface area contributed by atoms with Crippen molar-refractivity contribution < 1.29 is 14.8 Å². The molecule has 0 aliphatic carbocycles. The Morgan fingerprint density at radius 3 is 2.53 bits per heavy atom. The van der Waals surface area contributed by atoms with Crippen molar-refractivity contribution in [2.24, 2.45) is 0 Å². The van der Waals surface area contributed by atoms with Gasteiger partial charge < -0.3 is 14.8 Å². The molecule has 1 atom stereocenters. The van der Waals surface area contributed by atoms with Crippen molar-refractivity contribution in [1.29, 1.82) is 0 Å². The van der Waals surface area contributed by atoms with Gasteiger partial charge in [-0.1, -0.05) is 6.08 Å². The molecule has 1 heterocycles. The third-order valence-electron chi connectivity index (χ3n) is 3.76. The van der Waals surface area contributed by atoms with E-state index in [1.54, 1.807) is 14.2 Å². The first kappa shape index (κ1) is 13.9. The van der Waals surface area contributed by atoms with E-state index in [0.717, 1.165) is 24.3 Å². The lowest BCUT2D eigenvalue weighted by Crippen LogP contribution is -2.97. The number of fused-ring (bicyclic) bond motifs is 1. The normalized spacial score (nSPS) is 20.5. The maximum atomic E-state index is 5.42. The van der Waals surface area contributed by atoms with E-state index in [1.165, 1.54) is 11.1 Å². The van der Waals surface area contributed by atoms with Crippen LogP contribution in [-0.2, 0) is 6.42 Å². The molecular weight excluding hydrogens is 238 g/mol. The SMILES string of the molecule is C=CCC1[NH2+]C(C)(C)Cc2cc(OC)c(OC)cc21. The molecule has 1 aliphatic rings. The summed E-state index contributed by atoms with van der Waals surface area (Å²) in [6.45, 7) is 8.44. The van der Waals surface area contributed by atoms with Crippen LogP contribution < -0.4 is 14.8 Å². The molecule has 0 radical (unpaired) electrons. The van der Waals surface area contributed by atoms with E-state index in [9.17, 15) is 0 Å². The molecule has 3 nitrogen and oxygen atoms in total. The van der Waals surface area contributed by atoms with Crippen LogP contribution in [0.5, 0.6) is 11.5 Å². The van der Waals surface area contributed by atoms with Gasteiger partial charge in [0, 0.05) is 18.4 Å². The lowest BCUT2D eigenvalue weighted by atomic mass is 9.82. The van der Waals surface area contributed by atoms with Crippen LogP contribution in [0, 0.1) is 0 Å². The lowest BCUT2D eigenvalue weighted by Gasteiger charge is -2.35. The van der Waals surface area contributed by atoms with Crippen LogP contribution in [0.25, 0.3) is 0 Å². The highest BCUT2D eigenvalue weighted by Crippen LogP contribution is 2.36. The lowest BCUT2D eigenvalue weighted by molar-refractivity contribution is -0.760. The highest BCUT2D eigenvalue weighted by molar-refractivity contribution is 5.49. The molecule has 0 saturated carbocycles. The third-order valence-corrected chi connectivity index (χ3v) is 3.76. The van der Waals surface area contributed by atoms with Crippen molar-refractivity contribution in [3.8, 4) is 11.5 Å². The number of rotatable bonds is 4. The Morgan fingerprint density at radius 2 is 1.95 bits per heavy atom. The van der Waals surface area contributed by atoms with Crippen LogP contribution in [0.2, 0.25) is 0 Å². The van der Waals surface area contributed by atoms with E-state index < -0.39 is 0 Å². The molecule has 0 saturated heterocycles. The summed E-state index contributed by atoms with van der Waals surface area (Å²) in [5.74, 6) is 1.62. The molecule has 2 rings (SSSR count). The van der Waals surface area contributed by atoms with Crippen LogP contribution >= 0.6 is 0 Å². The summed E-state index contributed by atoms with van der Waals surface area (Å²) in [6, 6.07) is 4.66. The summed E-state index contributed by atoms with van der Waals surface area (Å²) in [5.41, 5.74) is 2.91. The molecule has 0 bridgehead atoms. The molecule has 1 unspecified atom stereocenters. The predicted molar refractivity (Wildman–Crippen MR) is 76.8 cm³/mol. The van der Waals surface area contributed by atoms with Gasteiger partial charge >= 0.3 is 0 Å². The molecular formula is C16H24NO2+. The molecule has 0 amide bonds. The average Bonchev–Trinajstić information content (AvgIpc) is 2.36. The first-order valence-electron chi connectivity index (χ1n) is 6.72. The first-order chi connectivity index (χ1) is 9.00. The summed E-state index contributed by atoms with van der Waals surface area (Å²) < 4.78 is 10.8. The second-order valence-corrected chi connectivity index (χ2v) is 5.87.